The largest absolute Gasteiger partial charge is 0.493 e. The quantitative estimate of drug-likeness (QED) is 0.943. The number of carbonyl (C=O) groups is 1. The fourth-order valence-corrected chi connectivity index (χ4v) is 3.35. The molecule has 0 spiro atoms. The lowest BCUT2D eigenvalue weighted by molar-refractivity contribution is 0.0941. The van der Waals surface area contributed by atoms with Crippen LogP contribution in [0, 0.1) is 0 Å². The predicted molar refractivity (Wildman–Crippen MR) is 82.4 cm³/mol. The number of amides is 1. The van der Waals surface area contributed by atoms with E-state index in [1.807, 2.05) is 29.6 Å². The van der Waals surface area contributed by atoms with Crippen molar-refractivity contribution in [3.8, 4) is 11.5 Å². The topological polar surface area (TPSA) is 47.6 Å². The number of rotatable bonds is 4. The van der Waals surface area contributed by atoms with Crippen molar-refractivity contribution in [2.24, 2.45) is 0 Å². The Balaban J connectivity index is 1.84. The summed E-state index contributed by atoms with van der Waals surface area (Å²) in [4.78, 5) is 12.9. The summed E-state index contributed by atoms with van der Waals surface area (Å²) in [5.74, 6) is 1.42. The summed E-state index contributed by atoms with van der Waals surface area (Å²) in [5, 5.41) is 5.01. The van der Waals surface area contributed by atoms with Gasteiger partial charge in [0, 0.05) is 0 Å². The van der Waals surface area contributed by atoms with Crippen molar-refractivity contribution in [2.45, 2.75) is 18.9 Å². The Labute approximate surface area is 127 Å². The number of thiophene rings is 1. The molecule has 5 heteroatoms. The molecule has 1 aromatic carbocycles. The fraction of sp³-hybridized carbons (Fsp3) is 0.312. The molecular formula is C16H17NO3S. The van der Waals surface area contributed by atoms with Gasteiger partial charge in [-0.2, -0.15) is 0 Å². The van der Waals surface area contributed by atoms with Gasteiger partial charge < -0.3 is 14.8 Å². The van der Waals surface area contributed by atoms with Crippen molar-refractivity contribution in [2.75, 3.05) is 14.2 Å². The molecule has 1 amide bonds. The lowest BCUT2D eigenvalue weighted by atomic mass is 10.1. The molecule has 0 saturated carbocycles. The van der Waals surface area contributed by atoms with Crippen LogP contribution in [0.4, 0.5) is 0 Å². The third-order valence-electron chi connectivity index (χ3n) is 3.77. The van der Waals surface area contributed by atoms with Gasteiger partial charge in [0.2, 0.25) is 0 Å². The van der Waals surface area contributed by atoms with E-state index in [4.69, 9.17) is 9.47 Å². The Hall–Kier alpha value is -2.01. The lowest BCUT2D eigenvalue weighted by Gasteiger charge is -2.15. The SMILES string of the molecule is COc1cc2c(cc1OC)C(NC(=O)c1cccs1)CC2. The van der Waals surface area contributed by atoms with E-state index >= 15 is 0 Å². The molecule has 0 radical (unpaired) electrons. The Morgan fingerprint density at radius 3 is 2.71 bits per heavy atom. The molecule has 0 fully saturated rings. The Kier molecular flexibility index (Phi) is 3.84. The van der Waals surface area contributed by atoms with Crippen LogP contribution in [0.1, 0.15) is 33.3 Å². The number of hydrogen-bond donors (Lipinski definition) is 1. The molecule has 0 bridgehead atoms. The zero-order chi connectivity index (χ0) is 14.8. The highest BCUT2D eigenvalue weighted by atomic mass is 32.1. The molecule has 4 nitrogen and oxygen atoms in total. The molecule has 1 heterocycles. The highest BCUT2D eigenvalue weighted by Gasteiger charge is 2.26. The molecule has 0 aliphatic heterocycles. The number of methoxy groups -OCH3 is 2. The van der Waals surface area contributed by atoms with Crippen LogP contribution in [-0.4, -0.2) is 20.1 Å². The smallest absolute Gasteiger partial charge is 0.261 e. The second-order valence-corrected chi connectivity index (χ2v) is 5.90. The maximum absolute atomic E-state index is 12.2. The fourth-order valence-electron chi connectivity index (χ4n) is 2.72. The third kappa shape index (κ3) is 2.61. The lowest BCUT2D eigenvalue weighted by Crippen LogP contribution is -2.26. The maximum Gasteiger partial charge on any atom is 0.261 e. The van der Waals surface area contributed by atoms with Crippen molar-refractivity contribution in [3.63, 3.8) is 0 Å². The van der Waals surface area contributed by atoms with Gasteiger partial charge in [0.05, 0.1) is 25.1 Å². The summed E-state index contributed by atoms with van der Waals surface area (Å²) in [6, 6.07) is 7.74. The molecule has 1 aliphatic rings. The van der Waals surface area contributed by atoms with Crippen LogP contribution in [-0.2, 0) is 6.42 Å². The minimum atomic E-state index is -0.0161. The van der Waals surface area contributed by atoms with Crippen molar-refractivity contribution < 1.29 is 14.3 Å². The first-order valence-electron chi connectivity index (χ1n) is 6.82. The van der Waals surface area contributed by atoms with Gasteiger partial charge in [-0.15, -0.1) is 11.3 Å². The highest BCUT2D eigenvalue weighted by molar-refractivity contribution is 7.12. The summed E-state index contributed by atoms with van der Waals surface area (Å²) in [7, 11) is 3.26. The molecule has 2 aromatic rings. The number of aryl methyl sites for hydroxylation is 1. The van der Waals surface area contributed by atoms with Crippen LogP contribution >= 0.6 is 11.3 Å². The summed E-state index contributed by atoms with van der Waals surface area (Å²) in [6.45, 7) is 0. The molecule has 1 unspecified atom stereocenters. The molecule has 0 saturated heterocycles. The second kappa shape index (κ2) is 5.77. The normalized spacial score (nSPS) is 16.4. The van der Waals surface area contributed by atoms with E-state index in [9.17, 15) is 4.79 Å². The van der Waals surface area contributed by atoms with Gasteiger partial charge in [-0.3, -0.25) is 4.79 Å². The van der Waals surface area contributed by atoms with Crippen molar-refractivity contribution >= 4 is 17.2 Å². The van der Waals surface area contributed by atoms with E-state index in [0.717, 1.165) is 29.0 Å². The van der Waals surface area contributed by atoms with Crippen molar-refractivity contribution in [1.29, 1.82) is 0 Å². The number of nitrogens with one attached hydrogen (secondary N) is 1. The first kappa shape index (κ1) is 13.9. The minimum Gasteiger partial charge on any atom is -0.493 e. The number of carbonyl (C=O) groups excluding carboxylic acids is 1. The third-order valence-corrected chi connectivity index (χ3v) is 4.64. The molecule has 3 rings (SSSR count). The Morgan fingerprint density at radius 2 is 2.05 bits per heavy atom. The summed E-state index contributed by atoms with van der Waals surface area (Å²) in [6.07, 6.45) is 1.84. The second-order valence-electron chi connectivity index (χ2n) is 4.95. The molecule has 21 heavy (non-hydrogen) atoms. The monoisotopic (exact) mass is 303 g/mol. The van der Waals surface area contributed by atoms with Gasteiger partial charge >= 0.3 is 0 Å². The first-order chi connectivity index (χ1) is 10.2. The van der Waals surface area contributed by atoms with Gasteiger partial charge in [-0.05, 0) is 47.5 Å². The van der Waals surface area contributed by atoms with Gasteiger partial charge in [-0.1, -0.05) is 6.07 Å². The highest BCUT2D eigenvalue weighted by Crippen LogP contribution is 2.39. The van der Waals surface area contributed by atoms with Crippen molar-refractivity contribution in [3.05, 3.63) is 45.6 Å². The van der Waals surface area contributed by atoms with Crippen LogP contribution in [0.15, 0.2) is 29.6 Å². The Morgan fingerprint density at radius 1 is 1.29 bits per heavy atom. The van der Waals surface area contributed by atoms with E-state index < -0.39 is 0 Å². The zero-order valence-corrected chi connectivity index (χ0v) is 12.8. The number of hydrogen-bond acceptors (Lipinski definition) is 4. The molecule has 1 aromatic heterocycles. The standard InChI is InChI=1S/C16H17NO3S/c1-19-13-8-10-5-6-12(11(10)9-14(13)20-2)17-16(18)15-4-3-7-21-15/h3-4,7-9,12H,5-6H2,1-2H3,(H,17,18). The van der Waals surface area contributed by atoms with Gasteiger partial charge in [0.1, 0.15) is 0 Å². The molecule has 110 valence electrons. The summed E-state index contributed by atoms with van der Waals surface area (Å²) < 4.78 is 10.7. The van der Waals surface area contributed by atoms with Gasteiger partial charge in [0.15, 0.2) is 11.5 Å². The average Bonchev–Trinajstić information content (AvgIpc) is 3.15. The van der Waals surface area contributed by atoms with Crippen LogP contribution < -0.4 is 14.8 Å². The number of fused-ring (bicyclic) bond motifs is 1. The molecule has 1 aliphatic carbocycles. The summed E-state index contributed by atoms with van der Waals surface area (Å²) in [5.41, 5.74) is 2.33. The van der Waals surface area contributed by atoms with Crippen LogP contribution in [0.2, 0.25) is 0 Å². The molecule has 1 N–H and O–H groups in total. The maximum atomic E-state index is 12.2. The molecule has 1 atom stereocenters. The Bertz CT molecular complexity index is 652. The zero-order valence-electron chi connectivity index (χ0n) is 12.0. The van der Waals surface area contributed by atoms with E-state index in [1.54, 1.807) is 14.2 Å². The van der Waals surface area contributed by atoms with Crippen LogP contribution in [0.25, 0.3) is 0 Å². The van der Waals surface area contributed by atoms with E-state index in [0.29, 0.717) is 5.75 Å². The van der Waals surface area contributed by atoms with Gasteiger partial charge in [-0.25, -0.2) is 0 Å². The van der Waals surface area contributed by atoms with E-state index in [2.05, 4.69) is 5.32 Å². The molecular weight excluding hydrogens is 286 g/mol. The van der Waals surface area contributed by atoms with Crippen LogP contribution in [0.5, 0.6) is 11.5 Å². The first-order valence-corrected chi connectivity index (χ1v) is 7.70. The predicted octanol–water partition coefficient (Wildman–Crippen LogP) is 3.18. The minimum absolute atomic E-state index is 0.0161. The van der Waals surface area contributed by atoms with Gasteiger partial charge in [0.25, 0.3) is 5.91 Å². The summed E-state index contributed by atoms with van der Waals surface area (Å²) >= 11 is 1.45. The van der Waals surface area contributed by atoms with Crippen LogP contribution in [0.3, 0.4) is 0 Å². The van der Waals surface area contributed by atoms with E-state index in [1.165, 1.54) is 16.9 Å². The average molecular weight is 303 g/mol. The van der Waals surface area contributed by atoms with E-state index in [-0.39, 0.29) is 11.9 Å². The van der Waals surface area contributed by atoms with Crippen molar-refractivity contribution in [1.82, 2.24) is 5.32 Å². The number of benzene rings is 1. The number of ether oxygens (including phenoxy) is 2.